The Labute approximate surface area is 86.6 Å². The molecule has 14 heavy (non-hydrogen) atoms. The maximum absolute atomic E-state index is 13.3. The molecule has 0 heterocycles. The quantitative estimate of drug-likeness (QED) is 0.711. The molecule has 76 valence electrons. The maximum Gasteiger partial charge on any atom is 0.166 e. The fourth-order valence-corrected chi connectivity index (χ4v) is 1.52. The van der Waals surface area contributed by atoms with Crippen LogP contribution in [0.5, 0.6) is 5.75 Å². The first-order chi connectivity index (χ1) is 6.49. The highest BCUT2D eigenvalue weighted by Gasteiger charge is 2.19. The zero-order valence-corrected chi connectivity index (χ0v) is 8.91. The molecule has 0 amide bonds. The van der Waals surface area contributed by atoms with Crippen LogP contribution in [-0.4, -0.2) is 12.9 Å². The lowest BCUT2D eigenvalue weighted by Gasteiger charge is -2.10. The number of hydrogen-bond acceptors (Lipinski definition) is 2. The van der Waals surface area contributed by atoms with Crippen LogP contribution in [0.4, 0.5) is 4.39 Å². The molecule has 0 saturated heterocycles. The lowest BCUT2D eigenvalue weighted by Crippen LogP contribution is -2.02. The van der Waals surface area contributed by atoms with Crippen LogP contribution < -0.4 is 4.74 Å². The molecule has 0 spiro atoms. The molecule has 0 aliphatic carbocycles. The summed E-state index contributed by atoms with van der Waals surface area (Å²) in [5, 5.41) is 0.246. The number of ketones is 1. The first-order valence-electron chi connectivity index (χ1n) is 4.02. The van der Waals surface area contributed by atoms with Crippen LogP contribution in [0.1, 0.15) is 22.8 Å². The van der Waals surface area contributed by atoms with Crippen LogP contribution in [0.2, 0.25) is 5.02 Å². The van der Waals surface area contributed by atoms with Crippen LogP contribution in [-0.2, 0) is 0 Å². The van der Waals surface area contributed by atoms with Gasteiger partial charge in [-0.15, -0.1) is 0 Å². The van der Waals surface area contributed by atoms with Crippen LogP contribution in [0.15, 0.2) is 6.07 Å². The summed E-state index contributed by atoms with van der Waals surface area (Å²) < 4.78 is 18.1. The first kappa shape index (κ1) is 11.0. The second-order valence-corrected chi connectivity index (χ2v) is 3.33. The molecule has 2 nitrogen and oxygen atoms in total. The summed E-state index contributed by atoms with van der Waals surface area (Å²) in [6.45, 7) is 2.96. The molecule has 0 atom stereocenters. The van der Waals surface area contributed by atoms with E-state index in [0.717, 1.165) is 0 Å². The molecule has 0 unspecified atom stereocenters. The molecule has 0 bridgehead atoms. The van der Waals surface area contributed by atoms with Gasteiger partial charge in [0.1, 0.15) is 0 Å². The van der Waals surface area contributed by atoms with Crippen molar-refractivity contribution in [3.8, 4) is 5.75 Å². The average molecular weight is 217 g/mol. The van der Waals surface area contributed by atoms with Crippen molar-refractivity contribution >= 4 is 17.4 Å². The third kappa shape index (κ3) is 1.73. The molecule has 1 aromatic carbocycles. The summed E-state index contributed by atoms with van der Waals surface area (Å²) in [5.74, 6) is -0.970. The van der Waals surface area contributed by atoms with E-state index in [4.69, 9.17) is 16.3 Å². The highest BCUT2D eigenvalue weighted by Crippen LogP contribution is 2.32. The van der Waals surface area contributed by atoms with E-state index in [1.807, 2.05) is 0 Å². The minimum atomic E-state index is -0.570. The van der Waals surface area contributed by atoms with E-state index in [-0.39, 0.29) is 22.1 Å². The van der Waals surface area contributed by atoms with Crippen molar-refractivity contribution in [2.75, 3.05) is 7.11 Å². The van der Waals surface area contributed by atoms with E-state index in [9.17, 15) is 9.18 Å². The molecule has 0 saturated carbocycles. The van der Waals surface area contributed by atoms with Gasteiger partial charge in [-0.3, -0.25) is 4.79 Å². The largest absolute Gasteiger partial charge is 0.493 e. The SMILES string of the molecule is COc1c(F)cc(C)c(Cl)c1C(C)=O. The van der Waals surface area contributed by atoms with E-state index in [2.05, 4.69) is 0 Å². The Hall–Kier alpha value is -1.09. The van der Waals surface area contributed by atoms with Crippen LogP contribution in [0, 0.1) is 12.7 Å². The summed E-state index contributed by atoms with van der Waals surface area (Å²) in [6, 6.07) is 1.24. The molecule has 0 fully saturated rings. The van der Waals surface area contributed by atoms with Gasteiger partial charge in [0.15, 0.2) is 17.3 Å². The second kappa shape index (κ2) is 3.96. The van der Waals surface area contributed by atoms with Gasteiger partial charge < -0.3 is 4.74 Å². The van der Waals surface area contributed by atoms with Gasteiger partial charge in [-0.25, -0.2) is 4.39 Å². The van der Waals surface area contributed by atoms with Gasteiger partial charge in [0.25, 0.3) is 0 Å². The smallest absolute Gasteiger partial charge is 0.166 e. The second-order valence-electron chi connectivity index (χ2n) is 2.95. The predicted molar refractivity (Wildman–Crippen MR) is 52.7 cm³/mol. The number of aryl methyl sites for hydroxylation is 1. The fourth-order valence-electron chi connectivity index (χ4n) is 1.25. The lowest BCUT2D eigenvalue weighted by atomic mass is 10.1. The number of hydrogen-bond donors (Lipinski definition) is 0. The van der Waals surface area contributed by atoms with Gasteiger partial charge >= 0.3 is 0 Å². The van der Waals surface area contributed by atoms with Crippen molar-refractivity contribution in [1.82, 2.24) is 0 Å². The number of halogens is 2. The number of Topliss-reactive ketones (excluding diaryl/α,β-unsaturated/α-hetero) is 1. The van der Waals surface area contributed by atoms with Gasteiger partial charge in [-0.1, -0.05) is 11.6 Å². The normalized spacial score (nSPS) is 10.1. The molecule has 0 N–H and O–H groups in total. The molecule has 0 aromatic heterocycles. The lowest BCUT2D eigenvalue weighted by molar-refractivity contribution is 0.101. The minimum absolute atomic E-state index is 0.0897. The van der Waals surface area contributed by atoms with Crippen molar-refractivity contribution < 1.29 is 13.9 Å². The van der Waals surface area contributed by atoms with Crippen LogP contribution in [0.3, 0.4) is 0 Å². The summed E-state index contributed by atoms with van der Waals surface area (Å²) >= 11 is 5.88. The van der Waals surface area contributed by atoms with Crippen LogP contribution in [0.25, 0.3) is 0 Å². The topological polar surface area (TPSA) is 26.3 Å². The average Bonchev–Trinajstić information content (AvgIpc) is 2.10. The number of methoxy groups -OCH3 is 1. The molecule has 1 rings (SSSR count). The number of ether oxygens (including phenoxy) is 1. The van der Waals surface area contributed by atoms with Crippen LogP contribution >= 0.6 is 11.6 Å². The Morgan fingerprint density at radius 2 is 2.14 bits per heavy atom. The van der Waals surface area contributed by atoms with Gasteiger partial charge in [-0.2, -0.15) is 0 Å². The van der Waals surface area contributed by atoms with Crippen molar-refractivity contribution in [3.63, 3.8) is 0 Å². The fraction of sp³-hybridized carbons (Fsp3) is 0.300. The Morgan fingerprint density at radius 3 is 2.57 bits per heavy atom. The molecule has 1 aromatic rings. The molecular formula is C10H10ClFO2. The molecular weight excluding hydrogens is 207 g/mol. The molecule has 0 aliphatic rings. The number of carbonyl (C=O) groups is 1. The zero-order chi connectivity index (χ0) is 10.9. The number of benzene rings is 1. The first-order valence-corrected chi connectivity index (χ1v) is 4.40. The van der Waals surface area contributed by atoms with Crippen molar-refractivity contribution in [1.29, 1.82) is 0 Å². The molecule has 0 aliphatic heterocycles. The van der Waals surface area contributed by atoms with E-state index >= 15 is 0 Å². The summed E-state index contributed by atoms with van der Waals surface area (Å²) in [5.41, 5.74) is 0.627. The molecule has 4 heteroatoms. The Morgan fingerprint density at radius 1 is 1.57 bits per heavy atom. The van der Waals surface area contributed by atoms with Crippen molar-refractivity contribution in [2.24, 2.45) is 0 Å². The number of rotatable bonds is 2. The van der Waals surface area contributed by atoms with E-state index in [1.54, 1.807) is 6.92 Å². The Bertz CT molecular complexity index is 388. The summed E-state index contributed by atoms with van der Waals surface area (Å²) in [4.78, 5) is 11.2. The third-order valence-corrected chi connectivity index (χ3v) is 2.40. The highest BCUT2D eigenvalue weighted by atomic mass is 35.5. The standard InChI is InChI=1S/C10H10ClFO2/c1-5-4-7(12)10(14-3)8(6(2)13)9(5)11/h4H,1-3H3. The van der Waals surface area contributed by atoms with Gasteiger partial charge in [0, 0.05) is 0 Å². The van der Waals surface area contributed by atoms with Crippen molar-refractivity contribution in [3.05, 3.63) is 28.0 Å². The summed E-state index contributed by atoms with van der Waals surface area (Å²) in [7, 11) is 1.30. The van der Waals surface area contributed by atoms with E-state index in [0.29, 0.717) is 5.56 Å². The molecule has 0 radical (unpaired) electrons. The third-order valence-electron chi connectivity index (χ3n) is 1.91. The van der Waals surface area contributed by atoms with Gasteiger partial charge in [-0.05, 0) is 25.5 Å². The van der Waals surface area contributed by atoms with Crippen molar-refractivity contribution in [2.45, 2.75) is 13.8 Å². The highest BCUT2D eigenvalue weighted by molar-refractivity contribution is 6.35. The van der Waals surface area contributed by atoms with E-state index < -0.39 is 5.82 Å². The van der Waals surface area contributed by atoms with Gasteiger partial charge in [0.05, 0.1) is 17.7 Å². The van der Waals surface area contributed by atoms with Gasteiger partial charge in [0.2, 0.25) is 0 Å². The monoisotopic (exact) mass is 216 g/mol. The Kier molecular flexibility index (Phi) is 3.11. The predicted octanol–water partition coefficient (Wildman–Crippen LogP) is 3.00. The Balaban J connectivity index is 3.56. The maximum atomic E-state index is 13.3. The summed E-state index contributed by atoms with van der Waals surface area (Å²) in [6.07, 6.45) is 0. The minimum Gasteiger partial charge on any atom is -0.493 e. The zero-order valence-electron chi connectivity index (χ0n) is 8.15. The van der Waals surface area contributed by atoms with E-state index in [1.165, 1.54) is 20.1 Å². The number of carbonyl (C=O) groups excluding carboxylic acids is 1.